The Balaban J connectivity index is 2.78. The summed E-state index contributed by atoms with van der Waals surface area (Å²) >= 11 is 0. The molecule has 0 aliphatic carbocycles. The Morgan fingerprint density at radius 3 is 2.15 bits per heavy atom. The maximum Gasteiger partial charge on any atom is 0.248 e. The standard InChI is InChI=1S/C9H11O3P/c1-11-13(12-2)9(10)8-6-4-3-5-7-8/h3-7H,1-2H3. The minimum Gasteiger partial charge on any atom is -0.332 e. The lowest BCUT2D eigenvalue weighted by Crippen LogP contribution is -1.99. The first-order valence-electron chi connectivity index (χ1n) is 3.77. The predicted molar refractivity (Wildman–Crippen MR) is 51.7 cm³/mol. The lowest BCUT2D eigenvalue weighted by molar-refractivity contribution is 0.105. The normalized spacial score (nSPS) is 10.4. The summed E-state index contributed by atoms with van der Waals surface area (Å²) in [4.78, 5) is 11.6. The van der Waals surface area contributed by atoms with E-state index in [9.17, 15) is 4.79 Å². The van der Waals surface area contributed by atoms with Crippen LogP contribution in [0.5, 0.6) is 0 Å². The number of hydrogen-bond acceptors (Lipinski definition) is 3. The van der Waals surface area contributed by atoms with Crippen molar-refractivity contribution in [2.24, 2.45) is 0 Å². The van der Waals surface area contributed by atoms with E-state index in [0.29, 0.717) is 5.56 Å². The van der Waals surface area contributed by atoms with Crippen molar-refractivity contribution in [1.82, 2.24) is 0 Å². The van der Waals surface area contributed by atoms with Gasteiger partial charge in [-0.3, -0.25) is 4.79 Å². The smallest absolute Gasteiger partial charge is 0.248 e. The van der Waals surface area contributed by atoms with Gasteiger partial charge in [0.05, 0.1) is 0 Å². The molecule has 0 fully saturated rings. The third-order valence-corrected chi connectivity index (χ3v) is 2.77. The molecule has 0 saturated heterocycles. The fourth-order valence-corrected chi connectivity index (χ4v) is 1.77. The van der Waals surface area contributed by atoms with E-state index < -0.39 is 8.38 Å². The first-order valence-corrected chi connectivity index (χ1v) is 4.95. The van der Waals surface area contributed by atoms with Crippen LogP contribution in [0.3, 0.4) is 0 Å². The summed E-state index contributed by atoms with van der Waals surface area (Å²) in [5, 5.41) is 0. The van der Waals surface area contributed by atoms with Crippen molar-refractivity contribution in [1.29, 1.82) is 0 Å². The molecule has 0 aliphatic rings. The predicted octanol–water partition coefficient (Wildman–Crippen LogP) is 2.43. The van der Waals surface area contributed by atoms with Crippen LogP contribution in [0.1, 0.15) is 10.4 Å². The van der Waals surface area contributed by atoms with Crippen LogP contribution in [-0.4, -0.2) is 19.7 Å². The van der Waals surface area contributed by atoms with Crippen molar-refractivity contribution in [2.45, 2.75) is 0 Å². The zero-order valence-corrected chi connectivity index (χ0v) is 8.45. The molecule has 0 saturated carbocycles. The van der Waals surface area contributed by atoms with Gasteiger partial charge < -0.3 is 9.05 Å². The van der Waals surface area contributed by atoms with Crippen LogP contribution in [0.15, 0.2) is 30.3 Å². The van der Waals surface area contributed by atoms with Gasteiger partial charge in [0, 0.05) is 19.8 Å². The van der Waals surface area contributed by atoms with Crippen LogP contribution < -0.4 is 0 Å². The molecule has 0 heterocycles. The number of benzene rings is 1. The fourth-order valence-electron chi connectivity index (χ4n) is 0.926. The van der Waals surface area contributed by atoms with E-state index in [4.69, 9.17) is 9.05 Å². The molecule has 0 N–H and O–H groups in total. The Labute approximate surface area is 78.6 Å². The van der Waals surface area contributed by atoms with Crippen LogP contribution in [0.4, 0.5) is 0 Å². The van der Waals surface area contributed by atoms with E-state index in [-0.39, 0.29) is 5.52 Å². The van der Waals surface area contributed by atoms with Crippen LogP contribution >= 0.6 is 8.38 Å². The van der Waals surface area contributed by atoms with Crippen molar-refractivity contribution >= 4 is 13.9 Å². The molecule has 70 valence electrons. The molecule has 0 aliphatic heterocycles. The van der Waals surface area contributed by atoms with Crippen molar-refractivity contribution in [3.63, 3.8) is 0 Å². The summed E-state index contributed by atoms with van der Waals surface area (Å²) in [6.45, 7) is 0. The minimum absolute atomic E-state index is 0.0967. The fraction of sp³-hybridized carbons (Fsp3) is 0.222. The number of rotatable bonds is 4. The molecular weight excluding hydrogens is 187 g/mol. The van der Waals surface area contributed by atoms with E-state index in [0.717, 1.165) is 0 Å². The Hall–Kier alpha value is -0.760. The van der Waals surface area contributed by atoms with Crippen molar-refractivity contribution in [2.75, 3.05) is 14.2 Å². The first kappa shape index (κ1) is 10.3. The molecular formula is C9H11O3P. The molecule has 0 unspecified atom stereocenters. The summed E-state index contributed by atoms with van der Waals surface area (Å²) in [5.74, 6) is 0. The molecule has 0 spiro atoms. The molecule has 13 heavy (non-hydrogen) atoms. The van der Waals surface area contributed by atoms with Gasteiger partial charge in [-0.1, -0.05) is 30.3 Å². The topological polar surface area (TPSA) is 35.5 Å². The van der Waals surface area contributed by atoms with Gasteiger partial charge in [-0.25, -0.2) is 0 Å². The molecule has 0 radical (unpaired) electrons. The van der Waals surface area contributed by atoms with Gasteiger partial charge in [-0.05, 0) is 0 Å². The third kappa shape index (κ3) is 2.59. The van der Waals surface area contributed by atoms with E-state index in [1.165, 1.54) is 14.2 Å². The zero-order chi connectivity index (χ0) is 9.68. The molecule has 0 atom stereocenters. The quantitative estimate of drug-likeness (QED) is 0.697. The van der Waals surface area contributed by atoms with Gasteiger partial charge >= 0.3 is 0 Å². The number of carbonyl (C=O) groups excluding carboxylic acids is 1. The van der Waals surface area contributed by atoms with Crippen molar-refractivity contribution in [3.05, 3.63) is 35.9 Å². The highest BCUT2D eigenvalue weighted by molar-refractivity contribution is 7.66. The summed E-state index contributed by atoms with van der Waals surface area (Å²) in [7, 11) is 1.50. The summed E-state index contributed by atoms with van der Waals surface area (Å²) in [6, 6.07) is 8.97. The molecule has 4 heteroatoms. The SMILES string of the molecule is COP(OC)C(=O)c1ccccc1. The summed E-state index contributed by atoms with van der Waals surface area (Å²) in [5.41, 5.74) is 0.526. The molecule has 0 bridgehead atoms. The first-order chi connectivity index (χ1) is 6.29. The molecule has 0 aromatic heterocycles. The third-order valence-electron chi connectivity index (χ3n) is 1.52. The van der Waals surface area contributed by atoms with Gasteiger partial charge in [0.25, 0.3) is 0 Å². The van der Waals surface area contributed by atoms with E-state index in [1.54, 1.807) is 12.1 Å². The Bertz CT molecular complexity index is 269. The Morgan fingerprint density at radius 2 is 1.69 bits per heavy atom. The summed E-state index contributed by atoms with van der Waals surface area (Å²) < 4.78 is 9.82. The van der Waals surface area contributed by atoms with Crippen LogP contribution in [0.2, 0.25) is 0 Å². The Morgan fingerprint density at radius 1 is 1.15 bits per heavy atom. The second-order valence-corrected chi connectivity index (χ2v) is 3.94. The molecule has 3 nitrogen and oxygen atoms in total. The number of hydrogen-bond donors (Lipinski definition) is 0. The highest BCUT2D eigenvalue weighted by Crippen LogP contribution is 2.39. The maximum atomic E-state index is 11.6. The molecule has 1 rings (SSSR count). The maximum absolute atomic E-state index is 11.6. The van der Waals surface area contributed by atoms with Crippen molar-refractivity contribution < 1.29 is 13.8 Å². The lowest BCUT2D eigenvalue weighted by Gasteiger charge is -2.09. The second-order valence-electron chi connectivity index (χ2n) is 2.29. The van der Waals surface area contributed by atoms with Gasteiger partial charge in [-0.2, -0.15) is 0 Å². The highest BCUT2D eigenvalue weighted by atomic mass is 31.2. The average molecular weight is 198 g/mol. The van der Waals surface area contributed by atoms with Gasteiger partial charge in [0.15, 0.2) is 0 Å². The van der Waals surface area contributed by atoms with E-state index in [2.05, 4.69) is 0 Å². The van der Waals surface area contributed by atoms with Gasteiger partial charge in [-0.15, -0.1) is 0 Å². The summed E-state index contributed by atoms with van der Waals surface area (Å²) in [6.07, 6.45) is 0. The van der Waals surface area contributed by atoms with Crippen molar-refractivity contribution in [3.8, 4) is 0 Å². The number of carbonyl (C=O) groups is 1. The Kier molecular flexibility index (Phi) is 4.03. The lowest BCUT2D eigenvalue weighted by atomic mass is 10.2. The second kappa shape index (κ2) is 5.07. The molecule has 0 amide bonds. The van der Waals surface area contributed by atoms with Crippen LogP contribution in [0, 0.1) is 0 Å². The highest BCUT2D eigenvalue weighted by Gasteiger charge is 2.19. The van der Waals surface area contributed by atoms with E-state index in [1.807, 2.05) is 18.2 Å². The molecule has 1 aromatic rings. The average Bonchev–Trinajstić information content (AvgIpc) is 2.21. The largest absolute Gasteiger partial charge is 0.332 e. The van der Waals surface area contributed by atoms with Gasteiger partial charge in [0.1, 0.15) is 0 Å². The van der Waals surface area contributed by atoms with Crippen LogP contribution in [-0.2, 0) is 9.05 Å². The zero-order valence-electron chi connectivity index (χ0n) is 7.56. The molecule has 1 aromatic carbocycles. The van der Waals surface area contributed by atoms with Crippen LogP contribution in [0.25, 0.3) is 0 Å². The monoisotopic (exact) mass is 198 g/mol. The van der Waals surface area contributed by atoms with Gasteiger partial charge in [0.2, 0.25) is 13.9 Å². The minimum atomic E-state index is -1.43. The van der Waals surface area contributed by atoms with E-state index >= 15 is 0 Å².